The quantitative estimate of drug-likeness (QED) is 0.0230. The summed E-state index contributed by atoms with van der Waals surface area (Å²) in [6, 6.07) is -1.52. The van der Waals surface area contributed by atoms with Gasteiger partial charge in [0.1, 0.15) is 12.6 Å². The molecule has 342 valence electrons. The highest BCUT2D eigenvalue weighted by atomic mass is 31.2. The zero-order chi connectivity index (χ0) is 42.8. The third-order valence-electron chi connectivity index (χ3n) is 10.5. The first-order valence-electron chi connectivity index (χ1n) is 23.7. The van der Waals surface area contributed by atoms with Crippen LogP contribution in [0.1, 0.15) is 232 Å². The average molecular weight is 846 g/mol. The lowest BCUT2D eigenvalue weighted by Crippen LogP contribution is -2.34. The van der Waals surface area contributed by atoms with E-state index in [1.54, 1.807) is 0 Å². The minimum absolute atomic E-state index is 0.167. The van der Waals surface area contributed by atoms with E-state index in [2.05, 4.69) is 30.5 Å². The summed E-state index contributed by atoms with van der Waals surface area (Å²) in [5.41, 5.74) is 5.34. The molecule has 0 aliphatic rings. The van der Waals surface area contributed by atoms with Crippen LogP contribution in [0.3, 0.4) is 0 Å². The molecule has 0 amide bonds. The highest BCUT2D eigenvalue weighted by Crippen LogP contribution is 2.43. The number of nitrogens with two attached hydrogens (primary N) is 1. The molecule has 58 heavy (non-hydrogen) atoms. The van der Waals surface area contributed by atoms with Crippen molar-refractivity contribution in [2.24, 2.45) is 5.73 Å². The molecule has 0 radical (unpaired) electrons. The van der Waals surface area contributed by atoms with Gasteiger partial charge in [0.15, 0.2) is 6.10 Å². The molecule has 1 unspecified atom stereocenters. The van der Waals surface area contributed by atoms with Crippen LogP contribution in [0.4, 0.5) is 0 Å². The number of hydrogen-bond donors (Lipinski definition) is 3. The second-order valence-electron chi connectivity index (χ2n) is 16.2. The molecule has 0 bridgehead atoms. The van der Waals surface area contributed by atoms with Gasteiger partial charge in [-0.1, -0.05) is 193 Å². The first kappa shape index (κ1) is 56.2. The Morgan fingerprint density at radius 2 is 0.862 bits per heavy atom. The highest BCUT2D eigenvalue weighted by Gasteiger charge is 2.28. The van der Waals surface area contributed by atoms with Gasteiger partial charge in [-0.25, -0.2) is 4.57 Å². The van der Waals surface area contributed by atoms with Crippen molar-refractivity contribution >= 4 is 25.7 Å². The topological polar surface area (TPSA) is 172 Å². The fraction of sp³-hybridized carbons (Fsp3) is 0.891. The van der Waals surface area contributed by atoms with Gasteiger partial charge >= 0.3 is 25.7 Å². The maximum absolute atomic E-state index is 12.6. The number of carboxylic acid groups (broad SMARTS) is 1. The number of phosphoric acid groups is 1. The Labute approximate surface area is 354 Å². The lowest BCUT2D eigenvalue weighted by atomic mass is 10.0. The van der Waals surface area contributed by atoms with Crippen LogP contribution in [0, 0.1) is 0 Å². The number of ether oxygens (including phenoxy) is 2. The number of carbonyl (C=O) groups excluding carboxylic acids is 2. The van der Waals surface area contributed by atoms with E-state index in [1.165, 1.54) is 154 Å². The summed E-state index contributed by atoms with van der Waals surface area (Å²) in [5, 5.41) is 8.90. The lowest BCUT2D eigenvalue weighted by Gasteiger charge is -2.20. The summed E-state index contributed by atoms with van der Waals surface area (Å²) < 4.78 is 32.8. The largest absolute Gasteiger partial charge is 0.480 e. The van der Waals surface area contributed by atoms with Crippen LogP contribution in [-0.4, -0.2) is 59.9 Å². The van der Waals surface area contributed by atoms with Crippen LogP contribution in [0.25, 0.3) is 0 Å². The molecule has 0 aromatic rings. The van der Waals surface area contributed by atoms with Gasteiger partial charge in [-0.15, -0.1) is 0 Å². The van der Waals surface area contributed by atoms with Gasteiger partial charge in [-0.05, 0) is 38.5 Å². The van der Waals surface area contributed by atoms with Crippen molar-refractivity contribution in [3.05, 3.63) is 12.2 Å². The monoisotopic (exact) mass is 846 g/mol. The summed E-state index contributed by atoms with van der Waals surface area (Å²) in [7, 11) is -4.71. The fourth-order valence-electron chi connectivity index (χ4n) is 6.77. The van der Waals surface area contributed by atoms with Crippen LogP contribution in [-0.2, 0) is 37.5 Å². The summed E-state index contributed by atoms with van der Waals surface area (Å²) in [5.74, 6) is -2.36. The molecule has 0 saturated heterocycles. The molecular formula is C46H88NO10P. The van der Waals surface area contributed by atoms with E-state index < -0.39 is 51.1 Å². The molecule has 0 fully saturated rings. The minimum Gasteiger partial charge on any atom is -0.480 e. The third kappa shape index (κ3) is 41.0. The predicted octanol–water partition coefficient (Wildman–Crippen LogP) is 12.8. The third-order valence-corrected chi connectivity index (χ3v) is 11.5. The molecule has 4 N–H and O–H groups in total. The number of unbranched alkanes of at least 4 members (excludes halogenated alkanes) is 29. The molecule has 3 atom stereocenters. The highest BCUT2D eigenvalue weighted by molar-refractivity contribution is 7.47. The number of hydrogen-bond acceptors (Lipinski definition) is 9. The van der Waals surface area contributed by atoms with Gasteiger partial charge in [0.2, 0.25) is 0 Å². The molecule has 0 aliphatic heterocycles. The van der Waals surface area contributed by atoms with Gasteiger partial charge in [0.25, 0.3) is 0 Å². The normalized spacial score (nSPS) is 13.7. The number of carboxylic acids is 1. The summed E-state index contributed by atoms with van der Waals surface area (Å²) >= 11 is 0. The number of esters is 2. The summed E-state index contributed by atoms with van der Waals surface area (Å²) in [6.07, 6.45) is 42.7. The molecule has 12 heteroatoms. The first-order chi connectivity index (χ1) is 28.1. The Bertz CT molecular complexity index is 1040. The summed E-state index contributed by atoms with van der Waals surface area (Å²) in [4.78, 5) is 46.0. The number of rotatable bonds is 45. The fourth-order valence-corrected chi connectivity index (χ4v) is 7.55. The van der Waals surface area contributed by atoms with Gasteiger partial charge < -0.3 is 25.2 Å². The van der Waals surface area contributed by atoms with Crippen molar-refractivity contribution in [2.75, 3.05) is 19.8 Å². The van der Waals surface area contributed by atoms with Crippen molar-refractivity contribution in [2.45, 2.75) is 244 Å². The van der Waals surface area contributed by atoms with E-state index in [0.29, 0.717) is 12.8 Å². The van der Waals surface area contributed by atoms with E-state index in [9.17, 15) is 23.8 Å². The van der Waals surface area contributed by atoms with Crippen molar-refractivity contribution < 1.29 is 47.5 Å². The van der Waals surface area contributed by atoms with Crippen molar-refractivity contribution in [3.63, 3.8) is 0 Å². The SMILES string of the molecule is CCCCCCCC/C=C\CCCCCCCCCCCC(=O)OC[C@H](COP(=O)(O)OC[C@H](N)C(=O)O)OC(=O)CCCCCCCCCCCCCCCCC. The van der Waals surface area contributed by atoms with E-state index in [4.69, 9.17) is 24.8 Å². The van der Waals surface area contributed by atoms with Crippen molar-refractivity contribution in [1.82, 2.24) is 0 Å². The molecule has 0 aliphatic carbocycles. The van der Waals surface area contributed by atoms with Gasteiger partial charge in [0.05, 0.1) is 13.2 Å². The Balaban J connectivity index is 4.26. The number of phosphoric ester groups is 1. The van der Waals surface area contributed by atoms with Crippen LogP contribution in [0.2, 0.25) is 0 Å². The van der Waals surface area contributed by atoms with Crippen molar-refractivity contribution in [3.8, 4) is 0 Å². The molecule has 0 spiro atoms. The number of carbonyl (C=O) groups is 3. The van der Waals surface area contributed by atoms with E-state index in [0.717, 1.165) is 38.5 Å². The second kappa shape index (κ2) is 41.9. The van der Waals surface area contributed by atoms with E-state index in [-0.39, 0.29) is 19.4 Å². The maximum atomic E-state index is 12.6. The molecule has 0 rings (SSSR count). The van der Waals surface area contributed by atoms with Gasteiger partial charge in [-0.3, -0.25) is 23.4 Å². The standard InChI is InChI=1S/C46H88NO10P/c1-3-5-7-9-11-13-15-17-19-20-21-22-24-25-27-29-31-33-35-37-44(48)54-39-42(40-55-58(52,53)56-41-43(47)46(50)51)57-45(49)38-36-34-32-30-28-26-23-18-16-14-12-10-8-6-4-2/h17,19,42-43H,3-16,18,20-41,47H2,1-2H3,(H,50,51)(H,52,53)/b19-17-/t42-,43+/m1/s1. The maximum Gasteiger partial charge on any atom is 0.472 e. The molecule has 0 saturated carbocycles. The van der Waals surface area contributed by atoms with Crippen molar-refractivity contribution in [1.29, 1.82) is 0 Å². The molecule has 0 aromatic heterocycles. The zero-order valence-corrected chi connectivity index (χ0v) is 38.1. The van der Waals surface area contributed by atoms with Crippen LogP contribution < -0.4 is 5.73 Å². The van der Waals surface area contributed by atoms with Crippen LogP contribution in [0.5, 0.6) is 0 Å². The predicted molar refractivity (Wildman–Crippen MR) is 236 cm³/mol. The Hall–Kier alpha value is -1.78. The molecule has 11 nitrogen and oxygen atoms in total. The van der Waals surface area contributed by atoms with E-state index in [1.807, 2.05) is 0 Å². The van der Waals surface area contributed by atoms with Crippen LogP contribution >= 0.6 is 7.82 Å². The minimum atomic E-state index is -4.71. The van der Waals surface area contributed by atoms with E-state index >= 15 is 0 Å². The Morgan fingerprint density at radius 1 is 0.517 bits per heavy atom. The van der Waals surface area contributed by atoms with Gasteiger partial charge in [-0.2, -0.15) is 0 Å². The number of aliphatic carboxylic acids is 1. The lowest BCUT2D eigenvalue weighted by molar-refractivity contribution is -0.161. The molecular weight excluding hydrogens is 757 g/mol. The average Bonchev–Trinajstić information content (AvgIpc) is 3.20. The molecule has 0 heterocycles. The van der Waals surface area contributed by atoms with Crippen LogP contribution in [0.15, 0.2) is 12.2 Å². The molecule has 0 aromatic carbocycles. The Morgan fingerprint density at radius 3 is 1.26 bits per heavy atom. The zero-order valence-electron chi connectivity index (χ0n) is 37.2. The summed E-state index contributed by atoms with van der Waals surface area (Å²) in [6.45, 7) is 2.83. The smallest absolute Gasteiger partial charge is 0.472 e. The van der Waals surface area contributed by atoms with Gasteiger partial charge in [0, 0.05) is 12.8 Å². The number of allylic oxidation sites excluding steroid dienone is 2. The Kier molecular flexibility index (Phi) is 40.6. The first-order valence-corrected chi connectivity index (χ1v) is 25.2. The second-order valence-corrected chi connectivity index (χ2v) is 17.7.